The zero-order valence-corrected chi connectivity index (χ0v) is 40.1. The average Bonchev–Trinajstić information content (AvgIpc) is 3.65. The number of nitrogens with zero attached hydrogens (tertiary/aromatic N) is 9. The summed E-state index contributed by atoms with van der Waals surface area (Å²) >= 11 is 0. The maximum atomic E-state index is 12.7. The van der Waals surface area contributed by atoms with Crippen LogP contribution >= 0.6 is 0 Å². The lowest BCUT2D eigenvalue weighted by Crippen LogP contribution is -2.12. The first-order chi connectivity index (χ1) is 32.4. The number of aryl methyl sites for hydroxylation is 2. The van der Waals surface area contributed by atoms with E-state index in [1.165, 1.54) is 46.9 Å². The molecular formula is C42H43N9O14S4. The molecule has 0 aliphatic rings. The molecule has 23 nitrogen and oxygen atoms in total. The number of para-hydroxylation sites is 2. The molecule has 0 atom stereocenters. The monoisotopic (exact) mass is 1030 g/mol. The number of aromatic hydroxyl groups is 1. The number of sulfone groups is 1. The Kier molecular flexibility index (Phi) is 15.9. The minimum atomic E-state index is -4.33. The molecule has 0 aliphatic carbocycles. The number of fused-ring (bicyclic) bond motifs is 3. The largest absolute Gasteiger partial charge is 0.493 e. The van der Waals surface area contributed by atoms with Crippen LogP contribution in [0.5, 0.6) is 17.4 Å². The highest BCUT2D eigenvalue weighted by molar-refractivity contribution is 7.91. The lowest BCUT2D eigenvalue weighted by Gasteiger charge is -2.12. The Balaban J connectivity index is 1.33. The van der Waals surface area contributed by atoms with Gasteiger partial charge in [-0.3, -0.25) is 18.1 Å². The molecule has 69 heavy (non-hydrogen) atoms. The van der Waals surface area contributed by atoms with Crippen LogP contribution < -0.4 is 9.47 Å². The molecule has 6 aromatic rings. The van der Waals surface area contributed by atoms with Gasteiger partial charge in [0.1, 0.15) is 34.5 Å². The van der Waals surface area contributed by atoms with Crippen LogP contribution in [-0.4, -0.2) is 98.0 Å². The van der Waals surface area contributed by atoms with Crippen molar-refractivity contribution < 1.29 is 61.9 Å². The van der Waals surface area contributed by atoms with Crippen molar-refractivity contribution >= 4 is 91.0 Å². The summed E-state index contributed by atoms with van der Waals surface area (Å²) in [6.45, 7) is 4.52. The SMILES string of the molecule is Cc1cc(N=Nc2cc(OCCCS(=O)(=O)O)c(N=Nc3c(C)c(C#N)c4nc5ccccc5n4c3O)cc2C)c(OCCCS(=O)(=O)O)cc1N=Nc1ccc(S(=O)(=O)CCCS(=O)(=O)O)cc1. The number of azo groups is 3. The van der Waals surface area contributed by atoms with Gasteiger partial charge in [-0.15, -0.1) is 15.3 Å². The van der Waals surface area contributed by atoms with Gasteiger partial charge in [0.15, 0.2) is 21.2 Å². The van der Waals surface area contributed by atoms with E-state index in [9.17, 15) is 53.1 Å². The van der Waals surface area contributed by atoms with Crippen LogP contribution in [0, 0.1) is 32.1 Å². The van der Waals surface area contributed by atoms with Gasteiger partial charge in [0.2, 0.25) is 5.88 Å². The van der Waals surface area contributed by atoms with Crippen molar-refractivity contribution in [3.05, 3.63) is 95.1 Å². The fourth-order valence-electron chi connectivity index (χ4n) is 6.59. The van der Waals surface area contributed by atoms with E-state index in [0.717, 1.165) is 0 Å². The molecule has 27 heteroatoms. The number of hydrogen-bond donors (Lipinski definition) is 4. The van der Waals surface area contributed by atoms with Gasteiger partial charge in [-0.2, -0.15) is 45.9 Å². The molecule has 0 amide bonds. The molecule has 4 N–H and O–H groups in total. The van der Waals surface area contributed by atoms with E-state index in [0.29, 0.717) is 22.2 Å². The second kappa shape index (κ2) is 21.2. The molecule has 0 aliphatic heterocycles. The Morgan fingerprint density at radius 1 is 0.623 bits per heavy atom. The van der Waals surface area contributed by atoms with Crippen LogP contribution in [0.1, 0.15) is 41.5 Å². The van der Waals surface area contributed by atoms with Gasteiger partial charge in [0.05, 0.1) is 69.2 Å². The Bertz CT molecular complexity index is 3540. The first kappa shape index (κ1) is 51.6. The third kappa shape index (κ3) is 13.7. The van der Waals surface area contributed by atoms with Crippen molar-refractivity contribution in [2.45, 2.75) is 44.9 Å². The van der Waals surface area contributed by atoms with Gasteiger partial charge < -0.3 is 14.6 Å². The highest BCUT2D eigenvalue weighted by Gasteiger charge is 2.22. The Morgan fingerprint density at radius 3 is 1.65 bits per heavy atom. The Hall–Kier alpha value is -6.80. The zero-order valence-electron chi connectivity index (χ0n) is 36.8. The molecule has 0 spiro atoms. The van der Waals surface area contributed by atoms with Crippen LogP contribution in [0.25, 0.3) is 16.7 Å². The van der Waals surface area contributed by atoms with E-state index in [4.69, 9.17) is 14.0 Å². The first-order valence-electron chi connectivity index (χ1n) is 20.4. The molecule has 2 aromatic heterocycles. The molecule has 0 radical (unpaired) electrons. The van der Waals surface area contributed by atoms with Crippen molar-refractivity contribution in [3.63, 3.8) is 0 Å². The van der Waals surface area contributed by atoms with Gasteiger partial charge in [-0.25, -0.2) is 13.4 Å². The quantitative estimate of drug-likeness (QED) is 0.0298. The summed E-state index contributed by atoms with van der Waals surface area (Å²) in [7, 11) is -16.8. The van der Waals surface area contributed by atoms with E-state index in [2.05, 4.69) is 41.7 Å². The van der Waals surface area contributed by atoms with Crippen molar-refractivity contribution in [2.24, 2.45) is 30.7 Å². The number of hydrogen-bond acceptors (Lipinski definition) is 19. The van der Waals surface area contributed by atoms with Crippen molar-refractivity contribution in [3.8, 4) is 23.4 Å². The summed E-state index contributed by atoms with van der Waals surface area (Å²) in [6, 6.07) is 20.4. The molecule has 0 saturated carbocycles. The fraction of sp³-hybridized carbons (Fsp3) is 0.286. The summed E-state index contributed by atoms with van der Waals surface area (Å²) in [5.41, 5.74) is 3.61. The van der Waals surface area contributed by atoms with Gasteiger partial charge in [-0.1, -0.05) is 12.1 Å². The minimum absolute atomic E-state index is 0.0388. The number of pyridine rings is 1. The zero-order chi connectivity index (χ0) is 50.3. The number of rotatable bonds is 21. The van der Waals surface area contributed by atoms with E-state index >= 15 is 0 Å². The van der Waals surface area contributed by atoms with Crippen LogP contribution in [0.2, 0.25) is 0 Å². The molecule has 0 saturated heterocycles. The average molecular weight is 1030 g/mol. The molecule has 4 aromatic carbocycles. The summed E-state index contributed by atoms with van der Waals surface area (Å²) in [6.07, 6.45) is -0.538. The van der Waals surface area contributed by atoms with Crippen LogP contribution in [-0.2, 0) is 40.2 Å². The predicted octanol–water partition coefficient (Wildman–Crippen LogP) is 8.60. The topological polar surface area (TPSA) is 351 Å². The molecule has 0 unspecified atom stereocenters. The van der Waals surface area contributed by atoms with E-state index in [1.807, 2.05) is 0 Å². The maximum absolute atomic E-state index is 12.7. The van der Waals surface area contributed by atoms with E-state index < -0.39 is 63.2 Å². The van der Waals surface area contributed by atoms with E-state index in [-0.39, 0.29) is 106 Å². The summed E-state index contributed by atoms with van der Waals surface area (Å²) < 4.78 is 134. The Morgan fingerprint density at radius 2 is 1.12 bits per heavy atom. The van der Waals surface area contributed by atoms with Crippen molar-refractivity contribution in [1.82, 2.24) is 9.38 Å². The molecule has 6 rings (SSSR count). The lowest BCUT2D eigenvalue weighted by atomic mass is 10.1. The van der Waals surface area contributed by atoms with Gasteiger partial charge >= 0.3 is 0 Å². The van der Waals surface area contributed by atoms with Gasteiger partial charge in [-0.05, 0) is 99.7 Å². The van der Waals surface area contributed by atoms with Gasteiger partial charge in [0.25, 0.3) is 30.4 Å². The smallest absolute Gasteiger partial charge is 0.264 e. The van der Waals surface area contributed by atoms with Crippen LogP contribution in [0.3, 0.4) is 0 Å². The molecular weight excluding hydrogens is 983 g/mol. The highest BCUT2D eigenvalue weighted by atomic mass is 32.2. The van der Waals surface area contributed by atoms with Crippen LogP contribution in [0.4, 0.5) is 34.1 Å². The second-order valence-corrected chi connectivity index (χ2v) is 22.1. The number of ether oxygens (including phenoxy) is 2. The first-order valence-corrected chi connectivity index (χ1v) is 26.9. The van der Waals surface area contributed by atoms with Crippen molar-refractivity contribution in [1.29, 1.82) is 5.26 Å². The number of nitriles is 1. The summed E-state index contributed by atoms with van der Waals surface area (Å²) in [4.78, 5) is 4.41. The lowest BCUT2D eigenvalue weighted by molar-refractivity contribution is 0.317. The Labute approximate surface area is 396 Å². The molecule has 2 heterocycles. The maximum Gasteiger partial charge on any atom is 0.264 e. The third-order valence-electron chi connectivity index (χ3n) is 10.0. The van der Waals surface area contributed by atoms with E-state index in [1.54, 1.807) is 51.1 Å². The molecule has 0 bridgehead atoms. The van der Waals surface area contributed by atoms with Crippen molar-refractivity contribution in [2.75, 3.05) is 36.2 Å². The number of aromatic nitrogens is 2. The fourth-order valence-corrected chi connectivity index (χ4v) is 9.56. The third-order valence-corrected chi connectivity index (χ3v) is 14.3. The molecule has 0 fully saturated rings. The summed E-state index contributed by atoms with van der Waals surface area (Å²) in [5.74, 6) is -2.67. The number of imidazole rings is 1. The highest BCUT2D eigenvalue weighted by Crippen LogP contribution is 2.42. The summed E-state index contributed by atoms with van der Waals surface area (Å²) in [5, 5.41) is 47.5. The predicted molar refractivity (Wildman–Crippen MR) is 251 cm³/mol. The number of benzene rings is 4. The minimum Gasteiger partial charge on any atom is -0.493 e. The second-order valence-electron chi connectivity index (χ2n) is 15.3. The van der Waals surface area contributed by atoms with Crippen LogP contribution in [0.15, 0.2) is 108 Å². The van der Waals surface area contributed by atoms with Gasteiger partial charge in [0, 0.05) is 17.7 Å². The standard InChI is InChI=1S/C42H43N9O14S4/c1-26-21-35(38(64-15-6-18-67(55,56)57)23-33(26)46-45-29-11-13-30(14-12-29)66(53,54)17-8-20-69(61,62)63)48-47-34-24-39(65-16-7-19-68(58,59)60)36(22-27(34)2)49-50-40-28(3)31(25-43)41-44-32-9-4-5-10-37(32)51(41)42(40)52/h4-5,9-14,21-24,52H,6-8,15-20H2,1-3H3,(H,55,56,57)(H,58,59,60)(H,61,62,63). The normalized spacial score (nSPS) is 12.8. The molecule has 364 valence electrons.